The first kappa shape index (κ1) is 19.1. The molecular formula is C23H20N2O3S. The van der Waals surface area contributed by atoms with Crippen LogP contribution >= 0.6 is 11.8 Å². The first-order valence-corrected chi connectivity index (χ1v) is 10.1. The van der Waals surface area contributed by atoms with Crippen LogP contribution in [0.1, 0.15) is 27.6 Å². The third kappa shape index (κ3) is 3.71. The van der Waals surface area contributed by atoms with Gasteiger partial charge in [0.1, 0.15) is 5.75 Å². The molecule has 0 unspecified atom stereocenters. The van der Waals surface area contributed by atoms with Crippen molar-refractivity contribution in [3.8, 4) is 5.75 Å². The van der Waals surface area contributed by atoms with Crippen molar-refractivity contribution in [2.24, 2.45) is 0 Å². The van der Waals surface area contributed by atoms with Crippen molar-refractivity contribution in [1.82, 2.24) is 0 Å². The highest BCUT2D eigenvalue weighted by Crippen LogP contribution is 2.42. The summed E-state index contributed by atoms with van der Waals surface area (Å²) in [6, 6.07) is 20.3. The van der Waals surface area contributed by atoms with E-state index >= 15 is 0 Å². The Morgan fingerprint density at radius 2 is 1.79 bits per heavy atom. The molecule has 3 aromatic rings. The third-order valence-electron chi connectivity index (χ3n) is 4.65. The van der Waals surface area contributed by atoms with Gasteiger partial charge in [-0.05, 0) is 49.4 Å². The molecule has 4 rings (SSSR count). The van der Waals surface area contributed by atoms with Gasteiger partial charge in [0.05, 0.1) is 23.4 Å². The van der Waals surface area contributed by atoms with E-state index in [1.807, 2.05) is 55.5 Å². The molecule has 0 aromatic heterocycles. The van der Waals surface area contributed by atoms with Gasteiger partial charge in [0, 0.05) is 22.5 Å². The summed E-state index contributed by atoms with van der Waals surface area (Å²) in [4.78, 5) is 29.0. The number of nitrogens with zero attached hydrogens (tertiary/aromatic N) is 1. The Kier molecular flexibility index (Phi) is 5.27. The van der Waals surface area contributed by atoms with Crippen LogP contribution in [0, 0.1) is 0 Å². The van der Waals surface area contributed by atoms with Crippen molar-refractivity contribution >= 4 is 35.0 Å². The van der Waals surface area contributed by atoms with Gasteiger partial charge in [-0.1, -0.05) is 36.0 Å². The summed E-state index contributed by atoms with van der Waals surface area (Å²) in [5, 5.41) is 2.94. The van der Waals surface area contributed by atoms with Gasteiger partial charge in [-0.3, -0.25) is 9.59 Å². The van der Waals surface area contributed by atoms with E-state index in [4.69, 9.17) is 4.74 Å². The van der Waals surface area contributed by atoms with Crippen LogP contribution in [0.2, 0.25) is 0 Å². The number of carbonyl (C=O) groups excluding carboxylic acids is 2. The van der Waals surface area contributed by atoms with E-state index in [-0.39, 0.29) is 11.8 Å². The molecule has 0 saturated heterocycles. The zero-order valence-corrected chi connectivity index (χ0v) is 17.0. The molecule has 1 aliphatic heterocycles. The van der Waals surface area contributed by atoms with Gasteiger partial charge in [-0.15, -0.1) is 0 Å². The Morgan fingerprint density at radius 1 is 1.03 bits per heavy atom. The lowest BCUT2D eigenvalue weighted by atomic mass is 10.1. The number of para-hydroxylation sites is 1. The highest BCUT2D eigenvalue weighted by molar-refractivity contribution is 7.99. The van der Waals surface area contributed by atoms with Gasteiger partial charge < -0.3 is 15.0 Å². The van der Waals surface area contributed by atoms with Crippen molar-refractivity contribution in [2.45, 2.75) is 16.7 Å². The van der Waals surface area contributed by atoms with Crippen LogP contribution in [0.15, 0.2) is 76.5 Å². The van der Waals surface area contributed by atoms with Crippen molar-refractivity contribution in [2.75, 3.05) is 23.9 Å². The molecule has 1 N–H and O–H groups in total. The van der Waals surface area contributed by atoms with Crippen molar-refractivity contribution in [3.63, 3.8) is 0 Å². The summed E-state index contributed by atoms with van der Waals surface area (Å²) in [5.41, 5.74) is 2.62. The molecule has 0 atom stereocenters. The van der Waals surface area contributed by atoms with E-state index in [0.29, 0.717) is 29.2 Å². The van der Waals surface area contributed by atoms with Crippen molar-refractivity contribution in [3.05, 3.63) is 77.9 Å². The topological polar surface area (TPSA) is 58.6 Å². The number of amides is 2. The molecule has 2 amide bonds. The maximum Gasteiger partial charge on any atom is 0.259 e. The second kappa shape index (κ2) is 8.01. The smallest absolute Gasteiger partial charge is 0.259 e. The largest absolute Gasteiger partial charge is 0.493 e. The number of hydrogen-bond acceptors (Lipinski definition) is 4. The quantitative estimate of drug-likeness (QED) is 0.659. The molecule has 0 spiro atoms. The van der Waals surface area contributed by atoms with Crippen LogP contribution in [-0.2, 0) is 0 Å². The number of anilines is 2. The summed E-state index contributed by atoms with van der Waals surface area (Å²) in [6.45, 7) is 2.37. The van der Waals surface area contributed by atoms with Crippen molar-refractivity contribution < 1.29 is 14.3 Å². The average Bonchev–Trinajstić information content (AvgIpc) is 2.83. The molecule has 6 heteroatoms. The average molecular weight is 404 g/mol. The van der Waals surface area contributed by atoms with Gasteiger partial charge in [0.25, 0.3) is 11.8 Å². The summed E-state index contributed by atoms with van der Waals surface area (Å²) in [6.07, 6.45) is 0. The van der Waals surface area contributed by atoms with E-state index in [1.54, 1.807) is 30.1 Å². The number of rotatable bonds is 4. The normalized spacial score (nSPS) is 12.6. The standard InChI is InChI=1S/C23H20N2O3S/c1-3-28-19-10-6-4-8-16(19)22(26)24-15-12-13-18-21(14-15)29-20-11-7-5-9-17(20)23(27)25(18)2/h4-14H,3H2,1-2H3,(H,24,26). The number of carbonyl (C=O) groups is 2. The molecule has 1 aliphatic rings. The summed E-state index contributed by atoms with van der Waals surface area (Å²) in [7, 11) is 1.76. The molecule has 0 bridgehead atoms. The Balaban J connectivity index is 1.65. The predicted molar refractivity (Wildman–Crippen MR) is 115 cm³/mol. The molecule has 0 saturated carbocycles. The van der Waals surface area contributed by atoms with E-state index in [9.17, 15) is 9.59 Å². The lowest BCUT2D eigenvalue weighted by molar-refractivity contribution is 0.0988. The first-order valence-electron chi connectivity index (χ1n) is 9.30. The van der Waals surface area contributed by atoms with Crippen LogP contribution < -0.4 is 15.0 Å². The van der Waals surface area contributed by atoms with Crippen LogP contribution in [-0.4, -0.2) is 25.5 Å². The van der Waals surface area contributed by atoms with E-state index < -0.39 is 0 Å². The fourth-order valence-electron chi connectivity index (χ4n) is 3.23. The van der Waals surface area contributed by atoms with Crippen LogP contribution in [0.25, 0.3) is 0 Å². The molecular weight excluding hydrogens is 384 g/mol. The fraction of sp³-hybridized carbons (Fsp3) is 0.130. The maximum atomic E-state index is 12.8. The van der Waals surface area contributed by atoms with Gasteiger partial charge in [-0.25, -0.2) is 0 Å². The lowest BCUT2D eigenvalue weighted by Gasteiger charge is -2.18. The Morgan fingerprint density at radius 3 is 2.62 bits per heavy atom. The minimum absolute atomic E-state index is 0.0470. The molecule has 146 valence electrons. The molecule has 0 aliphatic carbocycles. The monoisotopic (exact) mass is 404 g/mol. The lowest BCUT2D eigenvalue weighted by Crippen LogP contribution is -2.26. The maximum absolute atomic E-state index is 12.8. The Bertz CT molecular complexity index is 1100. The second-order valence-electron chi connectivity index (χ2n) is 6.53. The van der Waals surface area contributed by atoms with Gasteiger partial charge in [0.15, 0.2) is 0 Å². The molecule has 3 aromatic carbocycles. The summed E-state index contributed by atoms with van der Waals surface area (Å²) in [5.74, 6) is 0.266. The fourth-order valence-corrected chi connectivity index (χ4v) is 4.37. The number of ether oxygens (including phenoxy) is 1. The molecule has 0 radical (unpaired) electrons. The molecule has 0 fully saturated rings. The minimum Gasteiger partial charge on any atom is -0.493 e. The summed E-state index contributed by atoms with van der Waals surface area (Å²) < 4.78 is 5.56. The van der Waals surface area contributed by atoms with Gasteiger partial charge in [-0.2, -0.15) is 0 Å². The van der Waals surface area contributed by atoms with Crippen LogP contribution in [0.4, 0.5) is 11.4 Å². The van der Waals surface area contributed by atoms with Crippen LogP contribution in [0.5, 0.6) is 5.75 Å². The molecule has 5 nitrogen and oxygen atoms in total. The van der Waals surface area contributed by atoms with Gasteiger partial charge >= 0.3 is 0 Å². The highest BCUT2D eigenvalue weighted by atomic mass is 32.2. The Labute approximate surface area is 173 Å². The number of fused-ring (bicyclic) bond motifs is 2. The second-order valence-corrected chi connectivity index (χ2v) is 7.61. The van der Waals surface area contributed by atoms with Crippen LogP contribution in [0.3, 0.4) is 0 Å². The molecule has 29 heavy (non-hydrogen) atoms. The number of benzene rings is 3. The predicted octanol–water partition coefficient (Wildman–Crippen LogP) is 5.08. The molecule has 1 heterocycles. The van der Waals surface area contributed by atoms with Crippen molar-refractivity contribution in [1.29, 1.82) is 0 Å². The number of nitrogens with one attached hydrogen (secondary N) is 1. The minimum atomic E-state index is -0.238. The number of hydrogen-bond donors (Lipinski definition) is 1. The van der Waals surface area contributed by atoms with Gasteiger partial charge in [0.2, 0.25) is 0 Å². The SMILES string of the molecule is CCOc1ccccc1C(=O)Nc1ccc2c(c1)Sc1ccccc1C(=O)N2C. The third-order valence-corrected chi connectivity index (χ3v) is 5.78. The summed E-state index contributed by atoms with van der Waals surface area (Å²) >= 11 is 1.52. The zero-order chi connectivity index (χ0) is 20.4. The van der Waals surface area contributed by atoms with E-state index in [1.165, 1.54) is 11.8 Å². The zero-order valence-electron chi connectivity index (χ0n) is 16.1. The van der Waals surface area contributed by atoms with E-state index in [2.05, 4.69) is 5.32 Å². The first-order chi connectivity index (χ1) is 14.1. The van der Waals surface area contributed by atoms with E-state index in [0.717, 1.165) is 15.5 Å². The Hall–Kier alpha value is -3.25. The highest BCUT2D eigenvalue weighted by Gasteiger charge is 2.25.